The van der Waals surface area contributed by atoms with Crippen LogP contribution in [0.5, 0.6) is 0 Å². The van der Waals surface area contributed by atoms with Crippen molar-refractivity contribution in [3.8, 4) is 0 Å². The molecule has 0 N–H and O–H groups in total. The van der Waals surface area contributed by atoms with Gasteiger partial charge in [-0.05, 0) is 24.0 Å². The van der Waals surface area contributed by atoms with Gasteiger partial charge in [0.25, 0.3) is 0 Å². The van der Waals surface area contributed by atoms with Gasteiger partial charge in [0.15, 0.2) is 0 Å². The van der Waals surface area contributed by atoms with Crippen LogP contribution in [-0.4, -0.2) is 0 Å². The molecule has 0 radical (unpaired) electrons. The zero-order valence-corrected chi connectivity index (χ0v) is 8.19. The lowest BCUT2D eigenvalue weighted by atomic mass is 9.95. The average Bonchev–Trinajstić information content (AvgIpc) is 2.12. The van der Waals surface area contributed by atoms with Gasteiger partial charge in [-0.25, -0.2) is 0 Å². The van der Waals surface area contributed by atoms with Crippen LogP contribution < -0.4 is 0 Å². The second-order valence-electron chi connectivity index (χ2n) is 3.24. The molecule has 62 valence electrons. The van der Waals surface area contributed by atoms with E-state index in [9.17, 15) is 0 Å². The number of hydrogen-bond acceptors (Lipinski definition) is 1. The van der Waals surface area contributed by atoms with Crippen molar-refractivity contribution in [2.45, 2.75) is 24.7 Å². The van der Waals surface area contributed by atoms with E-state index in [1.165, 1.54) is 16.0 Å². The van der Waals surface area contributed by atoms with Crippen LogP contribution >= 0.6 is 11.8 Å². The smallest absolute Gasteiger partial charge is 0.0154 e. The molecule has 0 spiro atoms. The van der Waals surface area contributed by atoms with E-state index in [2.05, 4.69) is 43.5 Å². The first-order chi connectivity index (χ1) is 5.79. The number of allylic oxidation sites excluding steroid dienone is 1. The number of hydrogen-bond donors (Lipinski definition) is 0. The summed E-state index contributed by atoms with van der Waals surface area (Å²) in [5.74, 6) is 0.599. The Morgan fingerprint density at radius 2 is 2.00 bits per heavy atom. The van der Waals surface area contributed by atoms with Crippen molar-refractivity contribution in [1.29, 1.82) is 0 Å². The van der Waals surface area contributed by atoms with Gasteiger partial charge in [-0.15, -0.1) is 0 Å². The zero-order valence-electron chi connectivity index (χ0n) is 7.37. The molecule has 1 atom stereocenters. The van der Waals surface area contributed by atoms with E-state index < -0.39 is 0 Å². The van der Waals surface area contributed by atoms with E-state index >= 15 is 0 Å². The molecule has 1 aromatic rings. The molecule has 0 aromatic heterocycles. The third kappa shape index (κ3) is 1.18. The molecule has 0 fully saturated rings. The normalized spacial score (nSPS) is 21.5. The quantitative estimate of drug-likeness (QED) is 0.579. The summed E-state index contributed by atoms with van der Waals surface area (Å²) >= 11 is 1.84. The summed E-state index contributed by atoms with van der Waals surface area (Å²) in [5.41, 5.74) is 2.95. The molecule has 1 aromatic carbocycles. The zero-order chi connectivity index (χ0) is 8.55. The van der Waals surface area contributed by atoms with Crippen LogP contribution in [0.2, 0.25) is 0 Å². The van der Waals surface area contributed by atoms with Gasteiger partial charge in [-0.3, -0.25) is 0 Å². The fourth-order valence-corrected chi connectivity index (χ4v) is 2.50. The lowest BCUT2D eigenvalue weighted by Gasteiger charge is -2.20. The van der Waals surface area contributed by atoms with Crippen molar-refractivity contribution in [2.75, 3.05) is 0 Å². The Bertz CT molecular complexity index is 326. The van der Waals surface area contributed by atoms with Gasteiger partial charge in [-0.2, -0.15) is 0 Å². The topological polar surface area (TPSA) is 0 Å². The van der Waals surface area contributed by atoms with Crippen molar-refractivity contribution >= 4 is 11.8 Å². The minimum absolute atomic E-state index is 0.599. The molecule has 0 saturated heterocycles. The van der Waals surface area contributed by atoms with Crippen LogP contribution in [0.25, 0.3) is 0 Å². The summed E-state index contributed by atoms with van der Waals surface area (Å²) in [6.07, 6.45) is 0. The van der Waals surface area contributed by atoms with E-state index in [0.29, 0.717) is 5.92 Å². The second-order valence-corrected chi connectivity index (χ2v) is 4.15. The highest BCUT2D eigenvalue weighted by molar-refractivity contribution is 8.02. The molecule has 1 heterocycles. The van der Waals surface area contributed by atoms with Crippen LogP contribution in [0, 0.1) is 0 Å². The molecule has 1 aliphatic rings. The molecule has 2 rings (SSSR count). The Labute approximate surface area is 77.7 Å². The lowest BCUT2D eigenvalue weighted by Crippen LogP contribution is -2.00. The Morgan fingerprint density at radius 1 is 1.25 bits per heavy atom. The molecular formula is C11H12S. The fraction of sp³-hybridized carbons (Fsp3) is 0.273. The van der Waals surface area contributed by atoms with Gasteiger partial charge < -0.3 is 0 Å². The molecule has 1 heteroatoms. The molecule has 12 heavy (non-hydrogen) atoms. The monoisotopic (exact) mass is 176 g/mol. The largest absolute Gasteiger partial charge is 0.0978 e. The molecule has 0 amide bonds. The highest BCUT2D eigenvalue weighted by atomic mass is 32.2. The molecule has 0 saturated carbocycles. The van der Waals surface area contributed by atoms with Gasteiger partial charge >= 0.3 is 0 Å². The van der Waals surface area contributed by atoms with Crippen molar-refractivity contribution in [3.05, 3.63) is 40.8 Å². The summed E-state index contributed by atoms with van der Waals surface area (Å²) in [5, 5.41) is 2.26. The van der Waals surface area contributed by atoms with Crippen LogP contribution in [0.1, 0.15) is 25.3 Å². The average molecular weight is 176 g/mol. The van der Waals surface area contributed by atoms with Crippen LogP contribution in [0.15, 0.2) is 40.1 Å². The van der Waals surface area contributed by atoms with E-state index in [4.69, 9.17) is 0 Å². The van der Waals surface area contributed by atoms with Crippen molar-refractivity contribution < 1.29 is 0 Å². The van der Waals surface area contributed by atoms with Gasteiger partial charge in [0, 0.05) is 10.8 Å². The number of benzene rings is 1. The maximum atomic E-state index is 2.27. The summed E-state index contributed by atoms with van der Waals surface area (Å²) in [6.45, 7) is 4.47. The third-order valence-corrected chi connectivity index (χ3v) is 3.56. The van der Waals surface area contributed by atoms with Crippen LogP contribution in [0.3, 0.4) is 0 Å². The van der Waals surface area contributed by atoms with E-state index in [-0.39, 0.29) is 0 Å². The Morgan fingerprint density at radius 3 is 2.83 bits per heavy atom. The molecular weight excluding hydrogens is 164 g/mol. The van der Waals surface area contributed by atoms with Crippen molar-refractivity contribution in [2.24, 2.45) is 0 Å². The predicted octanol–water partition coefficient (Wildman–Crippen LogP) is 3.80. The molecule has 0 bridgehead atoms. The second kappa shape index (κ2) is 2.98. The third-order valence-electron chi connectivity index (χ3n) is 2.44. The van der Waals surface area contributed by atoms with Crippen LogP contribution in [0.4, 0.5) is 0 Å². The van der Waals surface area contributed by atoms with E-state index in [1.807, 2.05) is 11.8 Å². The Balaban J connectivity index is 2.49. The number of thioether (sulfide) groups is 1. The predicted molar refractivity (Wildman–Crippen MR) is 54.5 cm³/mol. The maximum Gasteiger partial charge on any atom is 0.0154 e. The summed E-state index contributed by atoms with van der Waals surface area (Å²) in [7, 11) is 0. The summed E-state index contributed by atoms with van der Waals surface area (Å²) in [6, 6.07) is 8.64. The van der Waals surface area contributed by atoms with Crippen molar-refractivity contribution in [1.82, 2.24) is 0 Å². The highest BCUT2D eigenvalue weighted by Gasteiger charge is 2.15. The van der Waals surface area contributed by atoms with Gasteiger partial charge in [0.1, 0.15) is 0 Å². The van der Waals surface area contributed by atoms with Crippen molar-refractivity contribution in [3.63, 3.8) is 0 Å². The molecule has 1 aliphatic heterocycles. The molecule has 0 nitrogen and oxygen atoms in total. The van der Waals surface area contributed by atoms with Gasteiger partial charge in [0.05, 0.1) is 0 Å². The van der Waals surface area contributed by atoms with Gasteiger partial charge in [-0.1, -0.05) is 42.5 Å². The minimum atomic E-state index is 0.599. The number of rotatable bonds is 0. The van der Waals surface area contributed by atoms with Gasteiger partial charge in [0.2, 0.25) is 0 Å². The first-order valence-corrected chi connectivity index (χ1v) is 5.09. The lowest BCUT2D eigenvalue weighted by molar-refractivity contribution is 0.865. The Hall–Kier alpha value is -0.690. The summed E-state index contributed by atoms with van der Waals surface area (Å²) < 4.78 is 0. The maximum absolute atomic E-state index is 2.27. The first kappa shape index (κ1) is 7.93. The minimum Gasteiger partial charge on any atom is -0.0978 e. The molecule has 1 unspecified atom stereocenters. The Kier molecular flexibility index (Phi) is 1.97. The highest BCUT2D eigenvalue weighted by Crippen LogP contribution is 2.38. The fourth-order valence-electron chi connectivity index (χ4n) is 1.45. The van der Waals surface area contributed by atoms with E-state index in [1.54, 1.807) is 0 Å². The summed E-state index contributed by atoms with van der Waals surface area (Å²) in [4.78, 5) is 1.41. The van der Waals surface area contributed by atoms with Crippen LogP contribution in [-0.2, 0) is 0 Å². The molecule has 0 aliphatic carbocycles. The first-order valence-electron chi connectivity index (χ1n) is 4.21. The van der Waals surface area contributed by atoms with E-state index in [0.717, 1.165) is 0 Å². The number of fused-ring (bicyclic) bond motifs is 1. The standard InChI is InChI=1S/C11H12S/c1-8-7-12-11-6-4-3-5-10(11)9(8)2/h3-7,9H,1-2H3. The SMILES string of the molecule is CC1=CSc2ccccc2C1C.